The van der Waals surface area contributed by atoms with Crippen LogP contribution >= 0.6 is 15.9 Å². The molecule has 4 heteroatoms. The van der Waals surface area contributed by atoms with Crippen molar-refractivity contribution in [3.05, 3.63) is 40.1 Å². The molecule has 0 saturated heterocycles. The van der Waals surface area contributed by atoms with E-state index in [0.29, 0.717) is 0 Å². The molecular formula is C14H16BrN3. The average Bonchev–Trinajstić information content (AvgIpc) is 3.05. The topological polar surface area (TPSA) is 40.7 Å². The van der Waals surface area contributed by atoms with Crippen LogP contribution < -0.4 is 5.32 Å². The molecule has 0 radical (unpaired) electrons. The Labute approximate surface area is 115 Å². The molecule has 0 atom stereocenters. The molecule has 0 spiro atoms. The molecule has 2 N–H and O–H groups in total. The summed E-state index contributed by atoms with van der Waals surface area (Å²) in [6.07, 6.45) is 4.55. The summed E-state index contributed by atoms with van der Waals surface area (Å²) in [6, 6.07) is 6.98. The van der Waals surface area contributed by atoms with Crippen molar-refractivity contribution in [3.63, 3.8) is 0 Å². The fourth-order valence-corrected chi connectivity index (χ4v) is 2.50. The molecule has 18 heavy (non-hydrogen) atoms. The number of hydrogen-bond acceptors (Lipinski definition) is 2. The number of nitrogens with zero attached hydrogens (tertiary/aromatic N) is 1. The molecule has 1 aromatic carbocycles. The van der Waals surface area contributed by atoms with E-state index in [0.717, 1.165) is 34.1 Å². The number of benzene rings is 1. The predicted molar refractivity (Wildman–Crippen MR) is 76.3 cm³/mol. The maximum atomic E-state index is 4.46. The van der Waals surface area contributed by atoms with Crippen LogP contribution in [0.4, 0.5) is 0 Å². The lowest BCUT2D eigenvalue weighted by molar-refractivity contribution is 0.677. The standard InChI is InChI=1S/C14H16BrN3/c1-9-6-10(15)2-5-13(9)14-17-8-12(18-14)7-16-11-3-4-11/h2,5-6,8,11,16H,3-4,7H2,1H3,(H,17,18). The number of aromatic amines is 1. The van der Waals surface area contributed by atoms with Crippen molar-refractivity contribution in [2.45, 2.75) is 32.4 Å². The van der Waals surface area contributed by atoms with Gasteiger partial charge in [0.15, 0.2) is 0 Å². The third-order valence-corrected chi connectivity index (χ3v) is 3.72. The first-order valence-corrected chi connectivity index (χ1v) is 7.05. The number of H-pyrrole nitrogens is 1. The highest BCUT2D eigenvalue weighted by molar-refractivity contribution is 9.10. The van der Waals surface area contributed by atoms with E-state index in [9.17, 15) is 0 Å². The SMILES string of the molecule is Cc1cc(Br)ccc1-c1ncc(CNC2CC2)[nH]1. The number of halogens is 1. The Hall–Kier alpha value is -1.13. The zero-order valence-electron chi connectivity index (χ0n) is 10.3. The van der Waals surface area contributed by atoms with E-state index in [1.165, 1.54) is 18.4 Å². The Morgan fingerprint density at radius 1 is 1.44 bits per heavy atom. The first-order valence-electron chi connectivity index (χ1n) is 6.26. The second-order valence-corrected chi connectivity index (χ2v) is 5.79. The van der Waals surface area contributed by atoms with Crippen LogP contribution in [0.3, 0.4) is 0 Å². The summed E-state index contributed by atoms with van der Waals surface area (Å²) >= 11 is 3.48. The summed E-state index contributed by atoms with van der Waals surface area (Å²) in [7, 11) is 0. The van der Waals surface area contributed by atoms with Crippen LogP contribution in [0.5, 0.6) is 0 Å². The lowest BCUT2D eigenvalue weighted by atomic mass is 10.1. The molecule has 1 aliphatic carbocycles. The summed E-state index contributed by atoms with van der Waals surface area (Å²) in [5, 5.41) is 3.48. The Balaban J connectivity index is 1.78. The summed E-state index contributed by atoms with van der Waals surface area (Å²) in [5.41, 5.74) is 3.54. The Morgan fingerprint density at radius 2 is 2.28 bits per heavy atom. The van der Waals surface area contributed by atoms with Crippen molar-refractivity contribution >= 4 is 15.9 Å². The molecule has 0 bridgehead atoms. The van der Waals surface area contributed by atoms with Gasteiger partial charge in [0, 0.05) is 34.5 Å². The molecule has 2 aromatic rings. The minimum Gasteiger partial charge on any atom is -0.341 e. The van der Waals surface area contributed by atoms with Crippen molar-refractivity contribution < 1.29 is 0 Å². The molecule has 0 amide bonds. The fraction of sp³-hybridized carbons (Fsp3) is 0.357. The van der Waals surface area contributed by atoms with E-state index in [2.05, 4.69) is 50.3 Å². The van der Waals surface area contributed by atoms with E-state index in [1.54, 1.807) is 0 Å². The predicted octanol–water partition coefficient (Wildman–Crippen LogP) is 3.40. The summed E-state index contributed by atoms with van der Waals surface area (Å²) in [6.45, 7) is 2.98. The van der Waals surface area contributed by atoms with Crippen molar-refractivity contribution in [2.75, 3.05) is 0 Å². The van der Waals surface area contributed by atoms with E-state index >= 15 is 0 Å². The summed E-state index contributed by atoms with van der Waals surface area (Å²) < 4.78 is 1.10. The lowest BCUT2D eigenvalue weighted by Gasteiger charge is -2.03. The van der Waals surface area contributed by atoms with Gasteiger partial charge in [0.1, 0.15) is 5.82 Å². The average molecular weight is 306 g/mol. The zero-order chi connectivity index (χ0) is 12.5. The first kappa shape index (κ1) is 11.9. The summed E-state index contributed by atoms with van der Waals surface area (Å²) in [4.78, 5) is 7.85. The van der Waals surface area contributed by atoms with Crippen LogP contribution in [0.15, 0.2) is 28.9 Å². The number of nitrogens with one attached hydrogen (secondary N) is 2. The van der Waals surface area contributed by atoms with Gasteiger partial charge in [-0.1, -0.05) is 15.9 Å². The number of hydrogen-bond donors (Lipinski definition) is 2. The van der Waals surface area contributed by atoms with E-state index in [1.807, 2.05) is 12.3 Å². The van der Waals surface area contributed by atoms with Crippen LogP contribution in [0.2, 0.25) is 0 Å². The van der Waals surface area contributed by atoms with Gasteiger partial charge < -0.3 is 10.3 Å². The molecule has 1 saturated carbocycles. The third kappa shape index (κ3) is 2.65. The molecular weight excluding hydrogens is 290 g/mol. The molecule has 3 rings (SSSR count). The third-order valence-electron chi connectivity index (χ3n) is 3.23. The van der Waals surface area contributed by atoms with E-state index < -0.39 is 0 Å². The van der Waals surface area contributed by atoms with Gasteiger partial charge in [-0.05, 0) is 43.5 Å². The number of aromatic nitrogens is 2. The second kappa shape index (κ2) is 4.86. The number of rotatable bonds is 4. The quantitative estimate of drug-likeness (QED) is 0.909. The van der Waals surface area contributed by atoms with Crippen LogP contribution in [-0.4, -0.2) is 16.0 Å². The minimum absolute atomic E-state index is 0.728. The highest BCUT2D eigenvalue weighted by Crippen LogP contribution is 2.24. The molecule has 94 valence electrons. The van der Waals surface area contributed by atoms with Crippen LogP contribution in [0.1, 0.15) is 24.1 Å². The minimum atomic E-state index is 0.728. The Morgan fingerprint density at radius 3 is 3.00 bits per heavy atom. The normalized spacial score (nSPS) is 15.0. The zero-order valence-corrected chi connectivity index (χ0v) is 11.9. The van der Waals surface area contributed by atoms with E-state index in [-0.39, 0.29) is 0 Å². The molecule has 1 fully saturated rings. The maximum Gasteiger partial charge on any atom is 0.137 e. The maximum absolute atomic E-state index is 4.46. The van der Waals surface area contributed by atoms with Gasteiger partial charge in [0.05, 0.1) is 0 Å². The highest BCUT2D eigenvalue weighted by Gasteiger charge is 2.20. The number of aryl methyl sites for hydroxylation is 1. The first-order chi connectivity index (χ1) is 8.72. The van der Waals surface area contributed by atoms with Crippen LogP contribution in [0, 0.1) is 6.92 Å². The molecule has 1 aromatic heterocycles. The van der Waals surface area contributed by atoms with E-state index in [4.69, 9.17) is 0 Å². The highest BCUT2D eigenvalue weighted by atomic mass is 79.9. The molecule has 0 aliphatic heterocycles. The number of imidazole rings is 1. The van der Waals surface area contributed by atoms with Crippen LogP contribution in [-0.2, 0) is 6.54 Å². The van der Waals surface area contributed by atoms with Crippen molar-refractivity contribution in [1.29, 1.82) is 0 Å². The van der Waals surface area contributed by atoms with Gasteiger partial charge in [-0.2, -0.15) is 0 Å². The summed E-state index contributed by atoms with van der Waals surface area (Å²) in [5.74, 6) is 0.951. The van der Waals surface area contributed by atoms with Gasteiger partial charge in [-0.25, -0.2) is 4.98 Å². The van der Waals surface area contributed by atoms with Gasteiger partial charge in [0.25, 0.3) is 0 Å². The van der Waals surface area contributed by atoms with Crippen molar-refractivity contribution in [2.24, 2.45) is 0 Å². The second-order valence-electron chi connectivity index (χ2n) is 4.87. The Kier molecular flexibility index (Phi) is 3.22. The molecule has 1 heterocycles. The molecule has 0 unspecified atom stereocenters. The largest absolute Gasteiger partial charge is 0.341 e. The smallest absolute Gasteiger partial charge is 0.137 e. The van der Waals surface area contributed by atoms with Gasteiger partial charge in [0.2, 0.25) is 0 Å². The monoisotopic (exact) mass is 305 g/mol. The van der Waals surface area contributed by atoms with Gasteiger partial charge in [-0.15, -0.1) is 0 Å². The van der Waals surface area contributed by atoms with Gasteiger partial charge >= 0.3 is 0 Å². The van der Waals surface area contributed by atoms with Crippen LogP contribution in [0.25, 0.3) is 11.4 Å². The Bertz CT molecular complexity index is 558. The van der Waals surface area contributed by atoms with Crippen molar-refractivity contribution in [3.8, 4) is 11.4 Å². The fourth-order valence-electron chi connectivity index (χ4n) is 2.02. The van der Waals surface area contributed by atoms with Crippen molar-refractivity contribution in [1.82, 2.24) is 15.3 Å². The lowest BCUT2D eigenvalue weighted by Crippen LogP contribution is -2.15. The molecule has 1 aliphatic rings. The molecule has 3 nitrogen and oxygen atoms in total. The van der Waals surface area contributed by atoms with Gasteiger partial charge in [-0.3, -0.25) is 0 Å².